The van der Waals surface area contributed by atoms with Crippen LogP contribution in [0, 0.1) is 0 Å². The maximum absolute atomic E-state index is 12.2. The van der Waals surface area contributed by atoms with Gasteiger partial charge in [-0.1, -0.05) is 12.1 Å². The number of benzene rings is 2. The van der Waals surface area contributed by atoms with Crippen molar-refractivity contribution in [3.8, 4) is 28.5 Å². The van der Waals surface area contributed by atoms with Crippen LogP contribution in [-0.4, -0.2) is 55.8 Å². The predicted octanol–water partition coefficient (Wildman–Crippen LogP) is 4.71. The molecule has 4 aromatic rings. The van der Waals surface area contributed by atoms with Gasteiger partial charge in [0.05, 0.1) is 26.8 Å². The molecule has 2 aromatic heterocycles. The van der Waals surface area contributed by atoms with E-state index in [1.165, 1.54) is 0 Å². The zero-order valence-electron chi connectivity index (χ0n) is 20.2. The number of carbonyl (C=O) groups is 1. The van der Waals surface area contributed by atoms with Crippen molar-refractivity contribution >= 4 is 28.3 Å². The van der Waals surface area contributed by atoms with Gasteiger partial charge in [0.15, 0.2) is 11.5 Å². The molecular weight excluding hydrogens is 432 g/mol. The number of ether oxygens (including phenoxy) is 3. The molecule has 0 spiro atoms. The molecule has 0 bridgehead atoms. The van der Waals surface area contributed by atoms with Crippen LogP contribution in [0.1, 0.15) is 10.4 Å². The van der Waals surface area contributed by atoms with Gasteiger partial charge >= 0.3 is 0 Å². The molecule has 176 valence electrons. The lowest BCUT2D eigenvalue weighted by Crippen LogP contribution is -2.21. The Labute approximate surface area is 198 Å². The first-order valence-corrected chi connectivity index (χ1v) is 10.7. The third kappa shape index (κ3) is 4.10. The number of amides is 1. The van der Waals surface area contributed by atoms with Crippen LogP contribution < -0.4 is 19.5 Å². The topological polar surface area (TPSA) is 77.9 Å². The molecule has 34 heavy (non-hydrogen) atoms. The smallest absolute Gasteiger partial charge is 0.253 e. The Morgan fingerprint density at radius 1 is 0.941 bits per heavy atom. The van der Waals surface area contributed by atoms with E-state index < -0.39 is 0 Å². The number of nitrogens with zero attached hydrogens (tertiary/aromatic N) is 3. The molecular formula is C26H28N4O4. The van der Waals surface area contributed by atoms with E-state index in [0.29, 0.717) is 28.6 Å². The third-order valence-corrected chi connectivity index (χ3v) is 5.73. The minimum absolute atomic E-state index is 0.0235. The van der Waals surface area contributed by atoms with Crippen molar-refractivity contribution in [1.82, 2.24) is 14.5 Å². The van der Waals surface area contributed by atoms with Crippen molar-refractivity contribution in [2.45, 2.75) is 0 Å². The molecule has 0 unspecified atom stereocenters. The van der Waals surface area contributed by atoms with Crippen LogP contribution >= 0.6 is 0 Å². The second-order valence-electron chi connectivity index (χ2n) is 8.00. The van der Waals surface area contributed by atoms with Gasteiger partial charge in [0.1, 0.15) is 5.82 Å². The van der Waals surface area contributed by atoms with E-state index in [9.17, 15) is 4.79 Å². The number of carbonyl (C=O) groups excluding carboxylic acids is 1. The monoisotopic (exact) mass is 460 g/mol. The summed E-state index contributed by atoms with van der Waals surface area (Å²) in [5.41, 5.74) is 4.45. The van der Waals surface area contributed by atoms with Gasteiger partial charge in [0.25, 0.3) is 5.91 Å². The van der Waals surface area contributed by atoms with E-state index in [-0.39, 0.29) is 5.91 Å². The summed E-state index contributed by atoms with van der Waals surface area (Å²) in [5.74, 6) is 2.31. The first-order valence-electron chi connectivity index (χ1n) is 10.7. The van der Waals surface area contributed by atoms with Crippen LogP contribution in [0.25, 0.3) is 22.2 Å². The van der Waals surface area contributed by atoms with Gasteiger partial charge in [-0.05, 0) is 29.8 Å². The highest BCUT2D eigenvalue weighted by Crippen LogP contribution is 2.41. The fourth-order valence-electron chi connectivity index (χ4n) is 3.97. The zero-order chi connectivity index (χ0) is 24.4. The van der Waals surface area contributed by atoms with Gasteiger partial charge in [-0.3, -0.25) is 4.79 Å². The second-order valence-corrected chi connectivity index (χ2v) is 8.00. The molecule has 8 heteroatoms. The standard InChI is InChI=1S/C26H28N4O4/c1-29(2)26(31)17-9-7-16(8-10-17)21-15-19-20(30(21)3)11-12-27-25(19)28-18-13-22(32-4)24(34-6)23(14-18)33-5/h7-15H,1-6H3,(H,27,28). The van der Waals surface area contributed by atoms with E-state index in [1.54, 1.807) is 46.5 Å². The first-order chi connectivity index (χ1) is 16.4. The van der Waals surface area contributed by atoms with Gasteiger partial charge in [0.2, 0.25) is 5.75 Å². The molecule has 0 radical (unpaired) electrons. The molecule has 0 aliphatic rings. The van der Waals surface area contributed by atoms with Crippen molar-refractivity contribution in [3.63, 3.8) is 0 Å². The summed E-state index contributed by atoms with van der Waals surface area (Å²) >= 11 is 0. The number of pyridine rings is 1. The van der Waals surface area contributed by atoms with Gasteiger partial charge in [-0.15, -0.1) is 0 Å². The van der Waals surface area contributed by atoms with Crippen molar-refractivity contribution in [1.29, 1.82) is 0 Å². The molecule has 4 rings (SSSR count). The molecule has 0 atom stereocenters. The van der Waals surface area contributed by atoms with Gasteiger partial charge in [-0.2, -0.15) is 0 Å². The molecule has 1 N–H and O–H groups in total. The average Bonchev–Trinajstić information content (AvgIpc) is 3.20. The molecule has 0 saturated heterocycles. The molecule has 0 aliphatic carbocycles. The van der Waals surface area contributed by atoms with E-state index in [2.05, 4.69) is 20.9 Å². The van der Waals surface area contributed by atoms with Crippen LogP contribution in [0.4, 0.5) is 11.5 Å². The average molecular weight is 461 g/mol. The summed E-state index contributed by atoms with van der Waals surface area (Å²) in [6, 6.07) is 15.4. The van der Waals surface area contributed by atoms with Gasteiger partial charge < -0.3 is 29.0 Å². The Kier molecular flexibility index (Phi) is 6.32. The Hall–Kier alpha value is -4.20. The van der Waals surface area contributed by atoms with Crippen LogP contribution in [0.3, 0.4) is 0 Å². The first kappa shape index (κ1) is 23.0. The lowest BCUT2D eigenvalue weighted by molar-refractivity contribution is 0.0827. The predicted molar refractivity (Wildman–Crippen MR) is 134 cm³/mol. The molecule has 2 heterocycles. The minimum atomic E-state index is -0.0235. The van der Waals surface area contributed by atoms with Crippen LogP contribution in [-0.2, 0) is 7.05 Å². The Morgan fingerprint density at radius 2 is 1.59 bits per heavy atom. The van der Waals surface area contributed by atoms with Crippen molar-refractivity contribution in [3.05, 3.63) is 60.3 Å². The molecule has 0 saturated carbocycles. The summed E-state index contributed by atoms with van der Waals surface area (Å²) in [5, 5.41) is 4.35. The SMILES string of the molecule is COc1cc(Nc2nccc3c2cc(-c2ccc(C(=O)N(C)C)cc2)n3C)cc(OC)c1OC. The van der Waals surface area contributed by atoms with Crippen molar-refractivity contribution in [2.75, 3.05) is 40.7 Å². The minimum Gasteiger partial charge on any atom is -0.493 e. The summed E-state index contributed by atoms with van der Waals surface area (Å²) < 4.78 is 18.5. The molecule has 0 fully saturated rings. The largest absolute Gasteiger partial charge is 0.493 e. The number of hydrogen-bond donors (Lipinski definition) is 1. The van der Waals surface area contributed by atoms with Crippen molar-refractivity contribution in [2.24, 2.45) is 7.05 Å². The molecule has 1 amide bonds. The number of aromatic nitrogens is 2. The fourth-order valence-corrected chi connectivity index (χ4v) is 3.97. The summed E-state index contributed by atoms with van der Waals surface area (Å²) in [6.07, 6.45) is 1.77. The third-order valence-electron chi connectivity index (χ3n) is 5.73. The summed E-state index contributed by atoms with van der Waals surface area (Å²) in [7, 11) is 10.2. The number of hydrogen-bond acceptors (Lipinski definition) is 6. The Morgan fingerprint density at radius 3 is 2.15 bits per heavy atom. The van der Waals surface area contributed by atoms with E-state index in [0.717, 1.165) is 27.8 Å². The number of nitrogens with one attached hydrogen (secondary N) is 1. The molecule has 0 aliphatic heterocycles. The number of anilines is 2. The fraction of sp³-hybridized carbons (Fsp3) is 0.231. The van der Waals surface area contributed by atoms with Crippen LogP contribution in [0.5, 0.6) is 17.2 Å². The van der Waals surface area contributed by atoms with E-state index in [1.807, 2.05) is 49.5 Å². The quantitative estimate of drug-likeness (QED) is 0.430. The van der Waals surface area contributed by atoms with Crippen LogP contribution in [0.2, 0.25) is 0 Å². The summed E-state index contributed by atoms with van der Waals surface area (Å²) in [4.78, 5) is 18.4. The molecule has 8 nitrogen and oxygen atoms in total. The van der Waals surface area contributed by atoms with E-state index in [4.69, 9.17) is 14.2 Å². The zero-order valence-corrected chi connectivity index (χ0v) is 20.2. The van der Waals surface area contributed by atoms with E-state index >= 15 is 0 Å². The second kappa shape index (κ2) is 9.35. The normalized spacial score (nSPS) is 10.8. The molecule has 2 aromatic carbocycles. The maximum atomic E-state index is 12.2. The number of rotatable bonds is 7. The maximum Gasteiger partial charge on any atom is 0.253 e. The van der Waals surface area contributed by atoms with Crippen LogP contribution in [0.15, 0.2) is 54.7 Å². The van der Waals surface area contributed by atoms with Crippen molar-refractivity contribution < 1.29 is 19.0 Å². The Balaban J connectivity index is 1.73. The highest BCUT2D eigenvalue weighted by atomic mass is 16.5. The lowest BCUT2D eigenvalue weighted by atomic mass is 10.1. The highest BCUT2D eigenvalue weighted by molar-refractivity contribution is 5.97. The summed E-state index contributed by atoms with van der Waals surface area (Å²) in [6.45, 7) is 0. The van der Waals surface area contributed by atoms with Gasteiger partial charge in [0, 0.05) is 61.8 Å². The Bertz CT molecular complexity index is 1320. The number of methoxy groups -OCH3 is 3. The number of aryl methyl sites for hydroxylation is 1. The number of fused-ring (bicyclic) bond motifs is 1. The van der Waals surface area contributed by atoms with Gasteiger partial charge in [-0.25, -0.2) is 4.98 Å². The highest BCUT2D eigenvalue weighted by Gasteiger charge is 2.16. The lowest BCUT2D eigenvalue weighted by Gasteiger charge is -2.15.